The normalized spacial score (nSPS) is 22.7. The summed E-state index contributed by atoms with van der Waals surface area (Å²) in [5.41, 5.74) is 0. The highest BCUT2D eigenvalue weighted by atomic mass is 19.4. The van der Waals surface area contributed by atoms with E-state index in [1.54, 1.807) is 6.92 Å². The Morgan fingerprint density at radius 2 is 2.06 bits per heavy atom. The van der Waals surface area contributed by atoms with Crippen LogP contribution in [0.3, 0.4) is 0 Å². The van der Waals surface area contributed by atoms with Gasteiger partial charge >= 0.3 is 18.1 Å². The van der Waals surface area contributed by atoms with Crippen LogP contribution in [0.4, 0.5) is 13.2 Å². The first-order valence-corrected chi connectivity index (χ1v) is 5.79. The molecule has 1 fully saturated rings. The van der Waals surface area contributed by atoms with Crippen LogP contribution < -0.4 is 0 Å². The van der Waals surface area contributed by atoms with Crippen molar-refractivity contribution in [3.63, 3.8) is 0 Å². The molecule has 104 valence electrons. The van der Waals surface area contributed by atoms with E-state index in [2.05, 4.69) is 0 Å². The monoisotopic (exact) mass is 267 g/mol. The summed E-state index contributed by atoms with van der Waals surface area (Å²) in [5.74, 6) is -3.20. The fourth-order valence-corrected chi connectivity index (χ4v) is 2.28. The Balaban J connectivity index is 2.61. The number of carboxylic acid groups (broad SMARTS) is 1. The quantitative estimate of drug-likeness (QED) is 0.849. The molecular formula is C11H16F3NO3. The minimum absolute atomic E-state index is 0.00715. The van der Waals surface area contributed by atoms with Gasteiger partial charge in [-0.1, -0.05) is 6.92 Å². The Morgan fingerprint density at radius 3 is 2.56 bits per heavy atom. The van der Waals surface area contributed by atoms with Gasteiger partial charge in [0.1, 0.15) is 0 Å². The molecule has 0 aromatic carbocycles. The number of carbonyl (C=O) groups excluding carboxylic acids is 1. The molecule has 1 saturated heterocycles. The van der Waals surface area contributed by atoms with Crippen LogP contribution >= 0.6 is 0 Å². The van der Waals surface area contributed by atoms with Crippen molar-refractivity contribution in [1.82, 2.24) is 4.90 Å². The molecule has 1 N–H and O–H groups in total. The van der Waals surface area contributed by atoms with E-state index in [1.807, 2.05) is 0 Å². The van der Waals surface area contributed by atoms with Crippen LogP contribution in [0, 0.1) is 11.8 Å². The third-order valence-electron chi connectivity index (χ3n) is 3.29. The van der Waals surface area contributed by atoms with Crippen molar-refractivity contribution in [2.75, 3.05) is 13.1 Å². The topological polar surface area (TPSA) is 57.6 Å². The molecule has 2 atom stereocenters. The summed E-state index contributed by atoms with van der Waals surface area (Å²) in [6.07, 6.45) is -3.79. The van der Waals surface area contributed by atoms with E-state index >= 15 is 0 Å². The molecule has 7 heteroatoms. The van der Waals surface area contributed by atoms with Gasteiger partial charge in [-0.15, -0.1) is 0 Å². The van der Waals surface area contributed by atoms with Gasteiger partial charge in [0, 0.05) is 19.5 Å². The summed E-state index contributed by atoms with van der Waals surface area (Å²) < 4.78 is 36.9. The van der Waals surface area contributed by atoms with Crippen LogP contribution in [0.5, 0.6) is 0 Å². The number of halogens is 3. The van der Waals surface area contributed by atoms with Gasteiger partial charge in [-0.3, -0.25) is 9.59 Å². The zero-order valence-corrected chi connectivity index (χ0v) is 10.0. The Labute approximate surface area is 103 Å². The Morgan fingerprint density at radius 1 is 1.44 bits per heavy atom. The molecule has 4 nitrogen and oxygen atoms in total. The van der Waals surface area contributed by atoms with Crippen molar-refractivity contribution in [1.29, 1.82) is 0 Å². The summed E-state index contributed by atoms with van der Waals surface area (Å²) in [6.45, 7) is 1.78. The number of rotatable bonds is 3. The van der Waals surface area contributed by atoms with E-state index in [0.29, 0.717) is 12.8 Å². The number of amides is 1. The average Bonchev–Trinajstić information content (AvgIpc) is 2.26. The van der Waals surface area contributed by atoms with Gasteiger partial charge in [0.15, 0.2) is 0 Å². The molecule has 1 rings (SSSR count). The molecule has 0 aliphatic carbocycles. The van der Waals surface area contributed by atoms with E-state index in [-0.39, 0.29) is 31.3 Å². The molecule has 0 bridgehead atoms. The fraction of sp³-hybridized carbons (Fsp3) is 0.818. The van der Waals surface area contributed by atoms with Crippen molar-refractivity contribution < 1.29 is 27.9 Å². The lowest BCUT2D eigenvalue weighted by Gasteiger charge is -2.35. The number of carbonyl (C=O) groups is 2. The summed E-state index contributed by atoms with van der Waals surface area (Å²) in [5, 5.41) is 8.66. The number of carboxylic acids is 1. The molecule has 0 spiro atoms. The van der Waals surface area contributed by atoms with Gasteiger partial charge in [0.25, 0.3) is 0 Å². The summed E-state index contributed by atoms with van der Waals surface area (Å²) in [4.78, 5) is 22.4. The molecule has 1 aliphatic heterocycles. The van der Waals surface area contributed by atoms with Crippen molar-refractivity contribution >= 4 is 11.9 Å². The van der Waals surface area contributed by atoms with E-state index < -0.39 is 18.1 Å². The molecule has 1 heterocycles. The second-order valence-corrected chi connectivity index (χ2v) is 4.73. The van der Waals surface area contributed by atoms with Crippen molar-refractivity contribution in [2.24, 2.45) is 11.8 Å². The maximum absolute atomic E-state index is 12.3. The number of nitrogens with zero attached hydrogens (tertiary/aromatic N) is 1. The van der Waals surface area contributed by atoms with E-state index in [9.17, 15) is 22.8 Å². The Kier molecular flexibility index (Phi) is 4.59. The predicted molar refractivity (Wildman–Crippen MR) is 56.8 cm³/mol. The standard InChI is InChI=1S/C11H16F3NO3/c1-7(5-9(16)17)8-3-2-4-15(6-8)10(18)11(12,13)14/h7-8H,2-6H2,1H3,(H,16,17). The van der Waals surface area contributed by atoms with Gasteiger partial charge in [-0.25, -0.2) is 0 Å². The largest absolute Gasteiger partial charge is 0.481 e. The lowest BCUT2D eigenvalue weighted by Crippen LogP contribution is -2.47. The zero-order valence-electron chi connectivity index (χ0n) is 10.0. The second-order valence-electron chi connectivity index (χ2n) is 4.73. The second kappa shape index (κ2) is 5.58. The molecular weight excluding hydrogens is 251 g/mol. The predicted octanol–water partition coefficient (Wildman–Crippen LogP) is 1.90. The number of aliphatic carboxylic acids is 1. The first-order chi connectivity index (χ1) is 8.21. The Hall–Kier alpha value is -1.27. The van der Waals surface area contributed by atoms with Crippen LogP contribution in [0.25, 0.3) is 0 Å². The van der Waals surface area contributed by atoms with E-state index in [0.717, 1.165) is 4.90 Å². The van der Waals surface area contributed by atoms with Crippen LogP contribution in [0.1, 0.15) is 26.2 Å². The number of hydrogen-bond donors (Lipinski definition) is 1. The maximum Gasteiger partial charge on any atom is 0.471 e. The minimum Gasteiger partial charge on any atom is -0.481 e. The zero-order chi connectivity index (χ0) is 13.9. The van der Waals surface area contributed by atoms with Crippen LogP contribution in [-0.2, 0) is 9.59 Å². The minimum atomic E-state index is -4.85. The van der Waals surface area contributed by atoms with Gasteiger partial charge in [-0.2, -0.15) is 13.2 Å². The lowest BCUT2D eigenvalue weighted by molar-refractivity contribution is -0.187. The molecule has 1 amide bonds. The van der Waals surface area contributed by atoms with Crippen molar-refractivity contribution in [3.8, 4) is 0 Å². The number of hydrogen-bond acceptors (Lipinski definition) is 2. The molecule has 0 saturated carbocycles. The first kappa shape index (κ1) is 14.8. The average molecular weight is 267 g/mol. The SMILES string of the molecule is CC(CC(=O)O)C1CCCN(C(=O)C(F)(F)F)C1. The number of alkyl halides is 3. The number of piperidine rings is 1. The van der Waals surface area contributed by atoms with E-state index in [4.69, 9.17) is 5.11 Å². The van der Waals surface area contributed by atoms with Crippen LogP contribution in [-0.4, -0.2) is 41.1 Å². The van der Waals surface area contributed by atoms with Crippen LogP contribution in [0.15, 0.2) is 0 Å². The highest BCUT2D eigenvalue weighted by Gasteiger charge is 2.44. The third kappa shape index (κ3) is 3.89. The maximum atomic E-state index is 12.3. The molecule has 0 aromatic rings. The molecule has 2 unspecified atom stereocenters. The first-order valence-electron chi connectivity index (χ1n) is 5.79. The highest BCUT2D eigenvalue weighted by Crippen LogP contribution is 2.28. The Bertz CT molecular complexity index is 330. The van der Waals surface area contributed by atoms with E-state index in [1.165, 1.54) is 0 Å². The molecule has 18 heavy (non-hydrogen) atoms. The molecule has 1 aliphatic rings. The van der Waals surface area contributed by atoms with Crippen molar-refractivity contribution in [2.45, 2.75) is 32.4 Å². The third-order valence-corrected chi connectivity index (χ3v) is 3.29. The van der Waals surface area contributed by atoms with Gasteiger partial charge in [-0.05, 0) is 24.7 Å². The summed E-state index contributed by atoms with van der Waals surface area (Å²) in [7, 11) is 0. The molecule has 0 radical (unpaired) electrons. The summed E-state index contributed by atoms with van der Waals surface area (Å²) >= 11 is 0. The van der Waals surface area contributed by atoms with Gasteiger partial charge in [0.2, 0.25) is 0 Å². The smallest absolute Gasteiger partial charge is 0.471 e. The van der Waals surface area contributed by atoms with Gasteiger partial charge in [0.05, 0.1) is 0 Å². The number of likely N-dealkylation sites (tertiary alicyclic amines) is 1. The summed E-state index contributed by atoms with van der Waals surface area (Å²) in [6, 6.07) is 0. The highest BCUT2D eigenvalue weighted by molar-refractivity contribution is 5.81. The fourth-order valence-electron chi connectivity index (χ4n) is 2.28. The van der Waals surface area contributed by atoms with Gasteiger partial charge < -0.3 is 10.0 Å². The van der Waals surface area contributed by atoms with Crippen LogP contribution in [0.2, 0.25) is 0 Å². The van der Waals surface area contributed by atoms with Crippen molar-refractivity contribution in [3.05, 3.63) is 0 Å². The lowest BCUT2D eigenvalue weighted by atomic mass is 9.84. The molecule has 0 aromatic heterocycles.